The summed E-state index contributed by atoms with van der Waals surface area (Å²) in [5.74, 6) is 0.964. The second-order valence-corrected chi connectivity index (χ2v) is 24.2. The summed E-state index contributed by atoms with van der Waals surface area (Å²) in [6, 6.07) is 36.2. The zero-order chi connectivity index (χ0) is 46.3. The molecule has 4 nitrogen and oxygen atoms in total. The third-order valence-electron chi connectivity index (χ3n) is 17.8. The maximum absolute atomic E-state index is 5.19. The summed E-state index contributed by atoms with van der Waals surface area (Å²) in [5, 5.41) is 0. The number of hydrogen-bond acceptors (Lipinski definition) is 3. The minimum atomic E-state index is 0. The van der Waals surface area contributed by atoms with Crippen LogP contribution >= 0.6 is 0 Å². The molecule has 0 radical (unpaired) electrons. The number of anilines is 3. The van der Waals surface area contributed by atoms with Gasteiger partial charge in [0.2, 0.25) is 0 Å². The van der Waals surface area contributed by atoms with Crippen LogP contribution in [0.2, 0.25) is 0 Å². The minimum absolute atomic E-state index is 0. The molecule has 0 atom stereocenters. The molecule has 65 heavy (non-hydrogen) atoms. The number of benzene rings is 5. The molecular weight excluding hydrogens is 969 g/mol. The van der Waals surface area contributed by atoms with Crippen LogP contribution < -0.4 is 9.80 Å². The summed E-state index contributed by atoms with van der Waals surface area (Å²) in [5.41, 5.74) is 20.7. The molecule has 0 unspecified atom stereocenters. The normalized spacial score (nSPS) is 20.8. The van der Waals surface area contributed by atoms with Crippen LogP contribution in [0.1, 0.15) is 167 Å². The molecule has 0 N–H and O–H groups in total. The van der Waals surface area contributed by atoms with Crippen molar-refractivity contribution in [2.24, 2.45) is 5.41 Å². The molecule has 5 aromatic carbocycles. The SMILES string of the molecule is CN1[CH-]N(c2[c-]cc3c(c2)C(C)(C)C(C)(C)C3(C)C)c2cc3c(cc21)C(C)(C)CCC3(C)C.Cc1cccc(C)c1-n1c(-c2[c-]cccc2)nc2cc3c(cc21)C(C)(C)CCC3(C)C.[Ir+3]. The van der Waals surface area contributed by atoms with E-state index in [-0.39, 0.29) is 58.0 Å². The van der Waals surface area contributed by atoms with Gasteiger partial charge in [-0.3, -0.25) is 4.98 Å². The second-order valence-electron chi connectivity index (χ2n) is 24.2. The maximum Gasteiger partial charge on any atom is 3.00 e. The Bertz CT molecular complexity index is 2810. The summed E-state index contributed by atoms with van der Waals surface area (Å²) >= 11 is 0. The molecule has 1 aliphatic heterocycles. The van der Waals surface area contributed by atoms with Crippen LogP contribution in [0.25, 0.3) is 28.1 Å². The zero-order valence-corrected chi connectivity index (χ0v) is 44.9. The van der Waals surface area contributed by atoms with E-state index in [4.69, 9.17) is 4.98 Å². The van der Waals surface area contributed by atoms with E-state index in [2.05, 4.69) is 218 Å². The van der Waals surface area contributed by atoms with Crippen molar-refractivity contribution < 1.29 is 20.1 Å². The van der Waals surface area contributed by atoms with E-state index in [1.54, 1.807) is 0 Å². The first-order valence-corrected chi connectivity index (χ1v) is 24.0. The van der Waals surface area contributed by atoms with Crippen molar-refractivity contribution >= 4 is 28.1 Å². The van der Waals surface area contributed by atoms with Gasteiger partial charge in [-0.25, -0.2) is 0 Å². The Labute approximate surface area is 406 Å². The molecule has 10 rings (SSSR count). The van der Waals surface area contributed by atoms with Gasteiger partial charge in [-0.1, -0.05) is 115 Å². The number of para-hydroxylation sites is 1. The van der Waals surface area contributed by atoms with Crippen molar-refractivity contribution in [2.75, 3.05) is 16.8 Å². The average molecular weight is 1040 g/mol. The Morgan fingerprint density at radius 3 is 1.65 bits per heavy atom. The van der Waals surface area contributed by atoms with Crippen LogP contribution in [0.5, 0.6) is 0 Å². The second kappa shape index (κ2) is 15.4. The Balaban J connectivity index is 0.000000175. The van der Waals surface area contributed by atoms with Crippen molar-refractivity contribution in [3.8, 4) is 17.1 Å². The molecule has 0 amide bonds. The molecule has 1 aromatic heterocycles. The molecule has 5 heteroatoms. The number of rotatable bonds is 3. The van der Waals surface area contributed by atoms with E-state index in [9.17, 15) is 0 Å². The third-order valence-corrected chi connectivity index (χ3v) is 17.8. The standard InChI is InChI=1S/C31H42N2.C29H31N2.Ir/c1-27(2)14-15-28(3,4)23-18-26-25(17-22(23)27)32(11)19-33(26)20-12-13-21-24(16-20)30(7,8)31(9,10)29(21,5)6;1-19-11-10-12-20(2)26(19)31-25-18-23-22(28(3,4)15-16-29(23,5)6)17-24(25)30-27(31)21-13-8-7-9-14-21;/h13,16-19H,14-15H2,1-11H3;7-13,17-18H,15-16H2,1-6H3;/q-2;-1;+3. The van der Waals surface area contributed by atoms with Crippen molar-refractivity contribution in [3.05, 3.63) is 142 Å². The van der Waals surface area contributed by atoms with Crippen LogP contribution in [0, 0.1) is 38.1 Å². The minimum Gasteiger partial charge on any atom is -0.504 e. The van der Waals surface area contributed by atoms with Crippen LogP contribution in [0.3, 0.4) is 0 Å². The van der Waals surface area contributed by atoms with E-state index in [1.165, 1.54) is 92.8 Å². The topological polar surface area (TPSA) is 24.3 Å². The van der Waals surface area contributed by atoms with Gasteiger partial charge >= 0.3 is 20.1 Å². The van der Waals surface area contributed by atoms with Gasteiger partial charge in [0.25, 0.3) is 0 Å². The predicted octanol–water partition coefficient (Wildman–Crippen LogP) is 15.6. The quantitative estimate of drug-likeness (QED) is 0.165. The van der Waals surface area contributed by atoms with Crippen molar-refractivity contribution in [2.45, 2.75) is 169 Å². The van der Waals surface area contributed by atoms with Gasteiger partial charge in [-0.15, -0.1) is 58.8 Å². The number of hydrogen-bond donors (Lipinski definition) is 0. The van der Waals surface area contributed by atoms with Crippen molar-refractivity contribution in [3.63, 3.8) is 0 Å². The van der Waals surface area contributed by atoms with Crippen LogP contribution in [-0.4, -0.2) is 16.6 Å². The molecule has 6 aromatic rings. The summed E-state index contributed by atoms with van der Waals surface area (Å²) < 4.78 is 2.36. The summed E-state index contributed by atoms with van der Waals surface area (Å²) in [6.07, 6.45) is 4.88. The van der Waals surface area contributed by atoms with Gasteiger partial charge in [-0.2, -0.15) is 18.8 Å². The number of imidazole rings is 1. The molecule has 0 saturated heterocycles. The molecule has 342 valence electrons. The Kier molecular flexibility index (Phi) is 11.2. The summed E-state index contributed by atoms with van der Waals surface area (Å²) in [6.45, 7) is 40.3. The zero-order valence-electron chi connectivity index (χ0n) is 42.5. The van der Waals surface area contributed by atoms with E-state index in [0.29, 0.717) is 0 Å². The first-order valence-electron chi connectivity index (χ1n) is 24.0. The molecule has 0 spiro atoms. The van der Waals surface area contributed by atoms with Gasteiger partial charge in [0, 0.05) is 17.1 Å². The third kappa shape index (κ3) is 7.19. The van der Waals surface area contributed by atoms with Gasteiger partial charge in [-0.05, 0) is 142 Å². The maximum atomic E-state index is 5.19. The Hall–Kier alpha value is -4.18. The van der Waals surface area contributed by atoms with E-state index in [0.717, 1.165) is 22.6 Å². The molecule has 0 bridgehead atoms. The fraction of sp³-hybridized carbons (Fsp3) is 0.467. The van der Waals surface area contributed by atoms with Gasteiger partial charge in [0.1, 0.15) is 0 Å². The van der Waals surface area contributed by atoms with Crippen LogP contribution in [0.15, 0.2) is 78.9 Å². The molecular formula is C60H73IrN4. The van der Waals surface area contributed by atoms with E-state index >= 15 is 0 Å². The van der Waals surface area contributed by atoms with E-state index < -0.39 is 0 Å². The fourth-order valence-corrected chi connectivity index (χ4v) is 11.9. The average Bonchev–Trinajstić information content (AvgIpc) is 3.80. The Morgan fingerprint density at radius 1 is 0.569 bits per heavy atom. The van der Waals surface area contributed by atoms with Gasteiger partial charge in [0.05, 0.1) is 16.9 Å². The van der Waals surface area contributed by atoms with Gasteiger partial charge in [0.15, 0.2) is 0 Å². The molecule has 4 aliphatic rings. The molecule has 2 heterocycles. The number of aromatic nitrogens is 2. The van der Waals surface area contributed by atoms with E-state index in [1.807, 2.05) is 12.1 Å². The van der Waals surface area contributed by atoms with Crippen LogP contribution in [0.4, 0.5) is 17.1 Å². The molecule has 0 fully saturated rings. The largest absolute Gasteiger partial charge is 3.00 e. The first kappa shape index (κ1) is 47.3. The first-order chi connectivity index (χ1) is 29.7. The number of nitrogens with zero attached hydrogens (tertiary/aromatic N) is 4. The number of aryl methyl sites for hydroxylation is 2. The van der Waals surface area contributed by atoms with Crippen molar-refractivity contribution in [1.82, 2.24) is 9.55 Å². The smallest absolute Gasteiger partial charge is 0.504 e. The number of fused-ring (bicyclic) bond motifs is 5. The Morgan fingerprint density at radius 2 is 1.09 bits per heavy atom. The van der Waals surface area contributed by atoms with Crippen LogP contribution in [-0.2, 0) is 52.6 Å². The predicted molar refractivity (Wildman–Crippen MR) is 272 cm³/mol. The van der Waals surface area contributed by atoms with Crippen molar-refractivity contribution in [1.29, 1.82) is 0 Å². The fourth-order valence-electron chi connectivity index (χ4n) is 11.9. The monoisotopic (exact) mass is 1040 g/mol. The summed E-state index contributed by atoms with van der Waals surface area (Å²) in [7, 11) is 2.18. The molecule has 0 saturated carbocycles. The molecule has 3 aliphatic carbocycles. The van der Waals surface area contributed by atoms with Gasteiger partial charge < -0.3 is 14.4 Å². The summed E-state index contributed by atoms with van der Waals surface area (Å²) in [4.78, 5) is 9.84.